The summed E-state index contributed by atoms with van der Waals surface area (Å²) in [7, 11) is 0. The van der Waals surface area contributed by atoms with Gasteiger partial charge in [-0.1, -0.05) is 30.3 Å². The van der Waals surface area contributed by atoms with E-state index in [0.29, 0.717) is 5.56 Å². The lowest BCUT2D eigenvalue weighted by Gasteiger charge is -2.19. The van der Waals surface area contributed by atoms with Gasteiger partial charge in [-0.05, 0) is 31.2 Å². The standard InChI is InChI=1S/C24H16N2O7/c1-13(33-24(30)14-5-4-6-16(11-14)26(31)32)23(29)25-15-9-10-19-20(12-15)22(28)18-8-3-2-7-17(18)21(19)27/h2-13H,1H3,(H,25,29). The van der Waals surface area contributed by atoms with E-state index in [-0.39, 0.29) is 45.2 Å². The van der Waals surface area contributed by atoms with Gasteiger partial charge in [0.2, 0.25) is 0 Å². The molecule has 1 N–H and O–H groups in total. The molecule has 0 aliphatic heterocycles. The lowest BCUT2D eigenvalue weighted by Crippen LogP contribution is -2.30. The molecule has 0 aromatic heterocycles. The number of amides is 1. The Hall–Kier alpha value is -4.66. The first kappa shape index (κ1) is 21.6. The molecular formula is C24H16N2O7. The van der Waals surface area contributed by atoms with Crippen molar-refractivity contribution in [3.05, 3.63) is 105 Å². The summed E-state index contributed by atoms with van der Waals surface area (Å²) in [6.45, 7) is 1.34. The lowest BCUT2D eigenvalue weighted by atomic mass is 9.84. The van der Waals surface area contributed by atoms with Gasteiger partial charge in [0, 0.05) is 40.1 Å². The fraction of sp³-hybridized carbons (Fsp3) is 0.0833. The third kappa shape index (κ3) is 4.11. The van der Waals surface area contributed by atoms with E-state index in [9.17, 15) is 29.3 Å². The summed E-state index contributed by atoms with van der Waals surface area (Å²) < 4.78 is 5.11. The summed E-state index contributed by atoms with van der Waals surface area (Å²) in [5.74, 6) is -2.19. The van der Waals surface area contributed by atoms with Gasteiger partial charge in [-0.2, -0.15) is 0 Å². The van der Waals surface area contributed by atoms with Crippen LogP contribution in [0.15, 0.2) is 66.7 Å². The average molecular weight is 444 g/mol. The van der Waals surface area contributed by atoms with E-state index in [4.69, 9.17) is 4.74 Å². The molecule has 9 nitrogen and oxygen atoms in total. The van der Waals surface area contributed by atoms with Crippen molar-refractivity contribution < 1.29 is 28.8 Å². The number of benzene rings is 3. The maximum absolute atomic E-state index is 12.8. The Labute approximate surface area is 187 Å². The molecule has 0 heterocycles. The van der Waals surface area contributed by atoms with Crippen LogP contribution in [0.25, 0.3) is 0 Å². The van der Waals surface area contributed by atoms with E-state index < -0.39 is 22.9 Å². The number of nitrogens with zero attached hydrogens (tertiary/aromatic N) is 1. The van der Waals surface area contributed by atoms with Crippen LogP contribution < -0.4 is 5.32 Å². The largest absolute Gasteiger partial charge is 0.449 e. The van der Waals surface area contributed by atoms with Gasteiger partial charge in [0.15, 0.2) is 17.7 Å². The fourth-order valence-electron chi connectivity index (χ4n) is 3.45. The van der Waals surface area contributed by atoms with Crippen molar-refractivity contribution in [1.29, 1.82) is 0 Å². The molecule has 1 aliphatic carbocycles. The van der Waals surface area contributed by atoms with E-state index in [1.165, 1.54) is 43.3 Å². The monoisotopic (exact) mass is 444 g/mol. The number of hydrogen-bond acceptors (Lipinski definition) is 7. The number of nitro groups is 1. The minimum Gasteiger partial charge on any atom is -0.449 e. The molecule has 3 aromatic rings. The average Bonchev–Trinajstić information content (AvgIpc) is 2.82. The molecule has 0 spiro atoms. The Morgan fingerprint density at radius 2 is 1.52 bits per heavy atom. The van der Waals surface area contributed by atoms with E-state index in [2.05, 4.69) is 5.32 Å². The van der Waals surface area contributed by atoms with Crippen molar-refractivity contribution in [2.24, 2.45) is 0 Å². The number of rotatable bonds is 5. The molecule has 1 atom stereocenters. The number of carbonyl (C=O) groups is 4. The van der Waals surface area contributed by atoms with E-state index in [0.717, 1.165) is 6.07 Å². The summed E-state index contributed by atoms with van der Waals surface area (Å²) in [6.07, 6.45) is -1.23. The van der Waals surface area contributed by atoms with E-state index in [1.54, 1.807) is 24.3 Å². The summed E-state index contributed by atoms with van der Waals surface area (Å²) in [4.78, 5) is 60.5. The first-order chi connectivity index (χ1) is 15.8. The van der Waals surface area contributed by atoms with E-state index in [1.807, 2.05) is 0 Å². The third-order valence-corrected chi connectivity index (χ3v) is 5.14. The SMILES string of the molecule is CC(OC(=O)c1cccc([N+](=O)[O-])c1)C(=O)Nc1ccc2c(c1)C(=O)c1ccccc1C2=O. The van der Waals surface area contributed by atoms with Gasteiger partial charge < -0.3 is 10.1 Å². The quantitative estimate of drug-likeness (QED) is 0.283. The zero-order valence-corrected chi connectivity index (χ0v) is 17.2. The first-order valence-corrected chi connectivity index (χ1v) is 9.85. The lowest BCUT2D eigenvalue weighted by molar-refractivity contribution is -0.384. The zero-order chi connectivity index (χ0) is 23.7. The topological polar surface area (TPSA) is 133 Å². The molecule has 1 amide bonds. The molecule has 1 unspecified atom stereocenters. The van der Waals surface area contributed by atoms with Gasteiger partial charge in [-0.25, -0.2) is 4.79 Å². The van der Waals surface area contributed by atoms with Crippen molar-refractivity contribution in [2.45, 2.75) is 13.0 Å². The number of ketones is 2. The first-order valence-electron chi connectivity index (χ1n) is 9.85. The number of hydrogen-bond donors (Lipinski definition) is 1. The molecular weight excluding hydrogens is 428 g/mol. The zero-order valence-electron chi connectivity index (χ0n) is 17.2. The highest BCUT2D eigenvalue weighted by molar-refractivity contribution is 6.28. The fourth-order valence-corrected chi connectivity index (χ4v) is 3.45. The number of non-ortho nitro benzene ring substituents is 1. The molecule has 0 fully saturated rings. The smallest absolute Gasteiger partial charge is 0.339 e. The van der Waals surface area contributed by atoms with Crippen LogP contribution in [0.1, 0.15) is 49.1 Å². The Bertz CT molecular complexity index is 1350. The summed E-state index contributed by atoms with van der Waals surface area (Å²) in [5.41, 5.74) is 0.917. The number of nitrogens with one attached hydrogen (secondary N) is 1. The number of nitro benzene ring substituents is 1. The second-order valence-electron chi connectivity index (χ2n) is 7.31. The number of fused-ring (bicyclic) bond motifs is 2. The maximum atomic E-state index is 12.8. The molecule has 0 bridgehead atoms. The van der Waals surface area contributed by atoms with Crippen LogP contribution in [0.5, 0.6) is 0 Å². The maximum Gasteiger partial charge on any atom is 0.339 e. The highest BCUT2D eigenvalue weighted by Gasteiger charge is 2.30. The van der Waals surface area contributed by atoms with Crippen molar-refractivity contribution in [3.8, 4) is 0 Å². The minimum absolute atomic E-state index is 0.0691. The molecule has 164 valence electrons. The second-order valence-corrected chi connectivity index (χ2v) is 7.31. The molecule has 4 rings (SSSR count). The second kappa shape index (κ2) is 8.46. The Balaban J connectivity index is 1.48. The molecule has 0 saturated carbocycles. The predicted octanol–water partition coefficient (Wildman–Crippen LogP) is 3.55. The highest BCUT2D eigenvalue weighted by atomic mass is 16.6. The summed E-state index contributed by atoms with van der Waals surface area (Å²) in [6, 6.07) is 15.8. The van der Waals surface area contributed by atoms with E-state index >= 15 is 0 Å². The summed E-state index contributed by atoms with van der Waals surface area (Å²) in [5, 5.41) is 13.4. The molecule has 0 radical (unpaired) electrons. The van der Waals surface area contributed by atoms with Crippen LogP contribution in [-0.2, 0) is 9.53 Å². The number of carbonyl (C=O) groups excluding carboxylic acids is 4. The number of esters is 1. The Kier molecular flexibility index (Phi) is 5.53. The number of anilines is 1. The van der Waals surface area contributed by atoms with Crippen molar-refractivity contribution >= 4 is 34.8 Å². The predicted molar refractivity (Wildman–Crippen MR) is 116 cm³/mol. The van der Waals surface area contributed by atoms with Gasteiger partial charge in [-0.15, -0.1) is 0 Å². The Morgan fingerprint density at radius 1 is 0.879 bits per heavy atom. The molecule has 0 saturated heterocycles. The van der Waals surface area contributed by atoms with Gasteiger partial charge in [0.05, 0.1) is 10.5 Å². The number of ether oxygens (including phenoxy) is 1. The Morgan fingerprint density at radius 3 is 2.18 bits per heavy atom. The summed E-state index contributed by atoms with van der Waals surface area (Å²) >= 11 is 0. The van der Waals surface area contributed by atoms with Crippen molar-refractivity contribution in [3.63, 3.8) is 0 Å². The van der Waals surface area contributed by atoms with Gasteiger partial charge >= 0.3 is 5.97 Å². The van der Waals surface area contributed by atoms with Gasteiger partial charge in [0.25, 0.3) is 11.6 Å². The highest BCUT2D eigenvalue weighted by Crippen LogP contribution is 2.29. The third-order valence-electron chi connectivity index (χ3n) is 5.14. The van der Waals surface area contributed by atoms with Crippen LogP contribution in [-0.4, -0.2) is 34.5 Å². The van der Waals surface area contributed by atoms with Crippen molar-refractivity contribution in [2.75, 3.05) is 5.32 Å². The van der Waals surface area contributed by atoms with Gasteiger partial charge in [-0.3, -0.25) is 24.5 Å². The molecule has 1 aliphatic rings. The molecule has 9 heteroatoms. The normalized spacial score (nSPS) is 12.9. The van der Waals surface area contributed by atoms with Crippen LogP contribution in [0.3, 0.4) is 0 Å². The molecule has 3 aromatic carbocycles. The van der Waals surface area contributed by atoms with Gasteiger partial charge in [0.1, 0.15) is 0 Å². The van der Waals surface area contributed by atoms with Crippen molar-refractivity contribution in [1.82, 2.24) is 0 Å². The van der Waals surface area contributed by atoms with Crippen LogP contribution in [0.2, 0.25) is 0 Å². The van der Waals surface area contributed by atoms with Crippen LogP contribution >= 0.6 is 0 Å². The van der Waals surface area contributed by atoms with Crippen LogP contribution in [0, 0.1) is 10.1 Å². The van der Waals surface area contributed by atoms with Crippen LogP contribution in [0.4, 0.5) is 11.4 Å². The minimum atomic E-state index is -1.23. The molecule has 33 heavy (non-hydrogen) atoms.